The summed E-state index contributed by atoms with van der Waals surface area (Å²) in [5.74, 6) is -0.0204. The minimum absolute atomic E-state index is 0.0204. The zero-order valence-electron chi connectivity index (χ0n) is 15.4. The zero-order valence-corrected chi connectivity index (χ0v) is 17.0. The molecular weight excluding hydrogens is 374 g/mol. The van der Waals surface area contributed by atoms with Gasteiger partial charge < -0.3 is 5.32 Å². The highest BCUT2D eigenvalue weighted by Crippen LogP contribution is 2.31. The lowest BCUT2D eigenvalue weighted by Crippen LogP contribution is -2.36. The van der Waals surface area contributed by atoms with Crippen molar-refractivity contribution in [1.29, 1.82) is 0 Å². The molecule has 0 radical (unpaired) electrons. The van der Waals surface area contributed by atoms with E-state index in [1.165, 1.54) is 29.7 Å². The summed E-state index contributed by atoms with van der Waals surface area (Å²) in [6, 6.07) is 14.8. The number of thiazole rings is 1. The Balaban J connectivity index is 1.48. The van der Waals surface area contributed by atoms with Gasteiger partial charge in [-0.15, -0.1) is 22.7 Å². The van der Waals surface area contributed by atoms with Crippen LogP contribution in [0.1, 0.15) is 39.8 Å². The lowest BCUT2D eigenvalue weighted by Gasteiger charge is -2.28. The van der Waals surface area contributed by atoms with E-state index in [4.69, 9.17) is 0 Å². The lowest BCUT2D eigenvalue weighted by atomic mass is 10.1. The van der Waals surface area contributed by atoms with E-state index in [0.717, 1.165) is 28.7 Å². The molecule has 27 heavy (non-hydrogen) atoms. The van der Waals surface area contributed by atoms with Gasteiger partial charge in [-0.3, -0.25) is 9.69 Å². The van der Waals surface area contributed by atoms with Crippen LogP contribution in [-0.2, 0) is 0 Å². The van der Waals surface area contributed by atoms with Gasteiger partial charge in [-0.1, -0.05) is 36.4 Å². The second kappa shape index (κ2) is 8.33. The molecule has 1 aliphatic heterocycles. The van der Waals surface area contributed by atoms with Gasteiger partial charge in [-0.25, -0.2) is 4.98 Å². The fourth-order valence-corrected chi connectivity index (χ4v) is 5.35. The van der Waals surface area contributed by atoms with Crippen molar-refractivity contribution < 1.29 is 4.79 Å². The largest absolute Gasteiger partial charge is 0.349 e. The Morgan fingerprint density at radius 1 is 1.19 bits per heavy atom. The molecule has 6 heteroatoms. The number of amides is 1. The maximum Gasteiger partial charge on any atom is 0.263 e. The number of nitrogens with zero attached hydrogens (tertiary/aromatic N) is 2. The predicted octanol–water partition coefficient (Wildman–Crippen LogP) is 4.75. The van der Waals surface area contributed by atoms with Gasteiger partial charge in [0.15, 0.2) is 0 Å². The molecule has 1 atom stereocenters. The fourth-order valence-electron chi connectivity index (χ4n) is 3.57. The van der Waals surface area contributed by atoms with Gasteiger partial charge in [0.1, 0.15) is 9.88 Å². The molecule has 1 unspecified atom stereocenters. The number of hydrogen-bond donors (Lipinski definition) is 1. The van der Waals surface area contributed by atoms with Crippen molar-refractivity contribution in [2.75, 3.05) is 19.6 Å². The average Bonchev–Trinajstić information content (AvgIpc) is 3.44. The average molecular weight is 398 g/mol. The molecule has 1 saturated heterocycles. The Labute approximate surface area is 167 Å². The van der Waals surface area contributed by atoms with Crippen LogP contribution in [0.4, 0.5) is 0 Å². The van der Waals surface area contributed by atoms with E-state index < -0.39 is 0 Å². The maximum atomic E-state index is 12.8. The van der Waals surface area contributed by atoms with Crippen LogP contribution in [0.2, 0.25) is 0 Å². The normalized spacial score (nSPS) is 15.7. The monoisotopic (exact) mass is 397 g/mol. The van der Waals surface area contributed by atoms with E-state index in [0.29, 0.717) is 11.4 Å². The van der Waals surface area contributed by atoms with E-state index in [1.807, 2.05) is 30.5 Å². The topological polar surface area (TPSA) is 45.2 Å². The number of carbonyl (C=O) groups is 1. The van der Waals surface area contributed by atoms with Crippen LogP contribution in [0, 0.1) is 6.92 Å². The summed E-state index contributed by atoms with van der Waals surface area (Å²) < 4.78 is 0. The van der Waals surface area contributed by atoms with Gasteiger partial charge in [0.2, 0.25) is 0 Å². The third-order valence-electron chi connectivity index (χ3n) is 4.96. The smallest absolute Gasteiger partial charge is 0.263 e. The van der Waals surface area contributed by atoms with E-state index in [2.05, 4.69) is 39.5 Å². The van der Waals surface area contributed by atoms with Crippen molar-refractivity contribution in [3.8, 4) is 9.88 Å². The number of likely N-dealkylation sites (tertiary alicyclic amines) is 1. The summed E-state index contributed by atoms with van der Waals surface area (Å²) in [4.78, 5) is 21.7. The van der Waals surface area contributed by atoms with Gasteiger partial charge in [-0.05, 0) is 49.9 Å². The summed E-state index contributed by atoms with van der Waals surface area (Å²) in [5, 5.41) is 6.12. The summed E-state index contributed by atoms with van der Waals surface area (Å²) in [6.07, 6.45) is 2.46. The predicted molar refractivity (Wildman–Crippen MR) is 112 cm³/mol. The molecule has 1 aromatic carbocycles. The molecule has 0 bridgehead atoms. The maximum absolute atomic E-state index is 12.8. The molecule has 0 spiro atoms. The van der Waals surface area contributed by atoms with Crippen LogP contribution < -0.4 is 5.32 Å². The highest BCUT2D eigenvalue weighted by atomic mass is 32.1. The Morgan fingerprint density at radius 2 is 1.96 bits per heavy atom. The molecule has 4 nitrogen and oxygen atoms in total. The van der Waals surface area contributed by atoms with Gasteiger partial charge in [0.25, 0.3) is 5.91 Å². The molecule has 1 amide bonds. The Kier molecular flexibility index (Phi) is 5.66. The fraction of sp³-hybridized carbons (Fsp3) is 0.333. The number of rotatable bonds is 6. The third-order valence-corrected chi connectivity index (χ3v) is 7.15. The second-order valence-corrected chi connectivity index (χ2v) is 8.74. The van der Waals surface area contributed by atoms with E-state index in [1.54, 1.807) is 11.3 Å². The minimum Gasteiger partial charge on any atom is -0.349 e. The summed E-state index contributed by atoms with van der Waals surface area (Å²) in [7, 11) is 0. The van der Waals surface area contributed by atoms with Gasteiger partial charge >= 0.3 is 0 Å². The Morgan fingerprint density at radius 3 is 2.67 bits per heavy atom. The first-order valence-electron chi connectivity index (χ1n) is 9.31. The first-order chi connectivity index (χ1) is 13.2. The molecule has 1 N–H and O–H groups in total. The second-order valence-electron chi connectivity index (χ2n) is 6.79. The number of aryl methyl sites for hydroxylation is 1. The van der Waals surface area contributed by atoms with Crippen LogP contribution in [0.25, 0.3) is 9.88 Å². The van der Waals surface area contributed by atoms with Crippen LogP contribution in [-0.4, -0.2) is 35.4 Å². The zero-order chi connectivity index (χ0) is 18.6. The van der Waals surface area contributed by atoms with E-state index in [-0.39, 0.29) is 11.9 Å². The van der Waals surface area contributed by atoms with E-state index in [9.17, 15) is 4.79 Å². The van der Waals surface area contributed by atoms with Crippen LogP contribution in [0.15, 0.2) is 47.8 Å². The van der Waals surface area contributed by atoms with Crippen molar-refractivity contribution in [2.24, 2.45) is 0 Å². The Hall–Kier alpha value is -2.02. The summed E-state index contributed by atoms with van der Waals surface area (Å²) in [6.45, 7) is 4.72. The van der Waals surface area contributed by atoms with Crippen LogP contribution in [0.3, 0.4) is 0 Å². The molecule has 0 aliphatic carbocycles. The van der Waals surface area contributed by atoms with Crippen molar-refractivity contribution in [2.45, 2.75) is 25.8 Å². The highest BCUT2D eigenvalue weighted by Gasteiger charge is 2.25. The number of benzene rings is 1. The third kappa shape index (κ3) is 4.13. The summed E-state index contributed by atoms with van der Waals surface area (Å²) in [5.41, 5.74) is 2.07. The van der Waals surface area contributed by atoms with Crippen molar-refractivity contribution >= 4 is 28.6 Å². The molecule has 1 aliphatic rings. The van der Waals surface area contributed by atoms with Crippen LogP contribution >= 0.6 is 22.7 Å². The first kappa shape index (κ1) is 18.3. The Bertz CT molecular complexity index is 884. The molecule has 1 fully saturated rings. The van der Waals surface area contributed by atoms with Gasteiger partial charge in [0.05, 0.1) is 16.6 Å². The number of aromatic nitrogens is 1. The first-order valence-corrected chi connectivity index (χ1v) is 11.0. The quantitative estimate of drug-likeness (QED) is 0.653. The molecule has 140 valence electrons. The molecular formula is C21H23N3OS2. The standard InChI is InChI=1S/C21H23N3OS2/c1-15-19(27-21(23-15)18-10-7-13-26-18)20(25)22-14-17(24-11-5-6-12-24)16-8-3-2-4-9-16/h2-4,7-10,13,17H,5-6,11-12,14H2,1H3,(H,22,25). The number of carbonyl (C=O) groups excluding carboxylic acids is 1. The van der Waals surface area contributed by atoms with Crippen LogP contribution in [0.5, 0.6) is 0 Å². The van der Waals surface area contributed by atoms with Gasteiger partial charge in [0, 0.05) is 6.54 Å². The molecule has 4 rings (SSSR count). The number of thiophene rings is 1. The lowest BCUT2D eigenvalue weighted by molar-refractivity contribution is 0.0941. The van der Waals surface area contributed by atoms with Crippen molar-refractivity contribution in [3.63, 3.8) is 0 Å². The molecule has 3 aromatic rings. The molecule has 2 aromatic heterocycles. The van der Waals surface area contributed by atoms with Crippen molar-refractivity contribution in [3.05, 3.63) is 64.0 Å². The summed E-state index contributed by atoms with van der Waals surface area (Å²) >= 11 is 3.13. The van der Waals surface area contributed by atoms with E-state index >= 15 is 0 Å². The molecule has 3 heterocycles. The SMILES string of the molecule is Cc1nc(-c2cccs2)sc1C(=O)NCC(c1ccccc1)N1CCCC1. The molecule has 0 saturated carbocycles. The number of nitrogens with one attached hydrogen (secondary N) is 1. The van der Waals surface area contributed by atoms with Gasteiger partial charge in [-0.2, -0.15) is 0 Å². The minimum atomic E-state index is -0.0204. The van der Waals surface area contributed by atoms with Crippen molar-refractivity contribution in [1.82, 2.24) is 15.2 Å². The number of hydrogen-bond acceptors (Lipinski definition) is 5. The highest BCUT2D eigenvalue weighted by molar-refractivity contribution is 7.22.